The van der Waals surface area contributed by atoms with E-state index in [1.54, 1.807) is 0 Å². The first-order valence-electron chi connectivity index (χ1n) is 5.84. The fourth-order valence-corrected chi connectivity index (χ4v) is 2.95. The summed E-state index contributed by atoms with van der Waals surface area (Å²) < 4.78 is 0. The van der Waals surface area contributed by atoms with E-state index in [-0.39, 0.29) is 0 Å². The van der Waals surface area contributed by atoms with E-state index in [1.807, 2.05) is 12.1 Å². The summed E-state index contributed by atoms with van der Waals surface area (Å²) in [7, 11) is 0. The first-order valence-corrected chi connectivity index (χ1v) is 6.75. The highest BCUT2D eigenvalue weighted by molar-refractivity contribution is 6.32. The van der Waals surface area contributed by atoms with Gasteiger partial charge in [-0.25, -0.2) is 0 Å². The van der Waals surface area contributed by atoms with Crippen molar-refractivity contribution in [2.24, 2.45) is 5.92 Å². The Hall–Kier alpha value is -0.400. The summed E-state index contributed by atoms with van der Waals surface area (Å²) in [6.45, 7) is 4.53. The molecule has 1 aliphatic heterocycles. The number of hydrogen-bond donors (Lipinski definition) is 0. The lowest BCUT2D eigenvalue weighted by Gasteiger charge is -2.22. The molecule has 3 heteroatoms. The molecule has 1 nitrogen and oxygen atoms in total. The van der Waals surface area contributed by atoms with Crippen molar-refractivity contribution in [3.63, 3.8) is 0 Å². The third-order valence-electron chi connectivity index (χ3n) is 3.43. The maximum absolute atomic E-state index is 6.17. The molecule has 1 aromatic rings. The van der Waals surface area contributed by atoms with Crippen molar-refractivity contribution < 1.29 is 0 Å². The standard InChI is InChI=1S/C13H17Cl2N/c1-2-10-6-7-16(9-10)13-5-3-4-12(15)11(13)8-14/h3-5,10H,2,6-9H2,1H3. The molecule has 1 aromatic carbocycles. The van der Waals surface area contributed by atoms with Crippen LogP contribution in [-0.2, 0) is 5.88 Å². The summed E-state index contributed by atoms with van der Waals surface area (Å²) in [4.78, 5) is 2.41. The van der Waals surface area contributed by atoms with Crippen LogP contribution in [-0.4, -0.2) is 13.1 Å². The van der Waals surface area contributed by atoms with Gasteiger partial charge in [0.15, 0.2) is 0 Å². The minimum atomic E-state index is 0.488. The average Bonchev–Trinajstić information content (AvgIpc) is 2.77. The zero-order valence-corrected chi connectivity index (χ0v) is 11.1. The predicted octanol–water partition coefficient (Wildman–Crippen LogP) is 4.32. The van der Waals surface area contributed by atoms with Gasteiger partial charge in [0.1, 0.15) is 0 Å². The van der Waals surface area contributed by atoms with Crippen LogP contribution in [0.5, 0.6) is 0 Å². The molecular formula is C13H17Cl2N. The minimum Gasteiger partial charge on any atom is -0.371 e. The fourth-order valence-electron chi connectivity index (χ4n) is 2.36. The Morgan fingerprint density at radius 1 is 1.44 bits per heavy atom. The van der Waals surface area contributed by atoms with Crippen LogP contribution in [0.25, 0.3) is 0 Å². The smallest absolute Gasteiger partial charge is 0.0509 e. The number of alkyl halides is 1. The molecule has 0 spiro atoms. The van der Waals surface area contributed by atoms with E-state index in [9.17, 15) is 0 Å². The van der Waals surface area contributed by atoms with Gasteiger partial charge in [0.2, 0.25) is 0 Å². The van der Waals surface area contributed by atoms with E-state index in [2.05, 4.69) is 17.9 Å². The quantitative estimate of drug-likeness (QED) is 0.730. The summed E-state index contributed by atoms with van der Waals surface area (Å²) in [6.07, 6.45) is 2.54. The van der Waals surface area contributed by atoms with Crippen molar-refractivity contribution in [3.05, 3.63) is 28.8 Å². The molecule has 1 heterocycles. The van der Waals surface area contributed by atoms with E-state index in [4.69, 9.17) is 23.2 Å². The molecule has 88 valence electrons. The Balaban J connectivity index is 2.24. The highest BCUT2D eigenvalue weighted by Gasteiger charge is 2.23. The Morgan fingerprint density at radius 3 is 2.88 bits per heavy atom. The number of rotatable bonds is 3. The molecule has 1 aliphatic rings. The number of halogens is 2. The van der Waals surface area contributed by atoms with Crippen LogP contribution in [0.1, 0.15) is 25.3 Å². The third kappa shape index (κ3) is 2.31. The van der Waals surface area contributed by atoms with Gasteiger partial charge in [-0.15, -0.1) is 11.6 Å². The predicted molar refractivity (Wildman–Crippen MR) is 71.6 cm³/mol. The highest BCUT2D eigenvalue weighted by Crippen LogP contribution is 2.33. The van der Waals surface area contributed by atoms with Crippen LogP contribution in [0.3, 0.4) is 0 Å². The monoisotopic (exact) mass is 257 g/mol. The lowest BCUT2D eigenvalue weighted by atomic mass is 10.1. The van der Waals surface area contributed by atoms with Gasteiger partial charge in [-0.1, -0.05) is 31.0 Å². The molecule has 16 heavy (non-hydrogen) atoms. The summed E-state index contributed by atoms with van der Waals surface area (Å²) in [6, 6.07) is 6.05. The largest absolute Gasteiger partial charge is 0.371 e. The SMILES string of the molecule is CCC1CCN(c2cccc(Cl)c2CCl)C1. The van der Waals surface area contributed by atoms with Crippen LogP contribution < -0.4 is 4.90 Å². The Kier molecular flexibility index (Phi) is 3.99. The van der Waals surface area contributed by atoms with E-state index < -0.39 is 0 Å². The first kappa shape index (κ1) is 12.1. The maximum Gasteiger partial charge on any atom is 0.0509 e. The fraction of sp³-hybridized carbons (Fsp3) is 0.538. The zero-order chi connectivity index (χ0) is 11.5. The Morgan fingerprint density at radius 2 is 2.25 bits per heavy atom. The topological polar surface area (TPSA) is 3.24 Å². The maximum atomic E-state index is 6.17. The third-order valence-corrected chi connectivity index (χ3v) is 4.05. The minimum absolute atomic E-state index is 0.488. The molecule has 0 aromatic heterocycles. The van der Waals surface area contributed by atoms with Crippen molar-refractivity contribution in [1.82, 2.24) is 0 Å². The Bertz CT molecular complexity index is 365. The lowest BCUT2D eigenvalue weighted by Crippen LogP contribution is -2.20. The van der Waals surface area contributed by atoms with Crippen LogP contribution >= 0.6 is 23.2 Å². The summed E-state index contributed by atoms with van der Waals surface area (Å²) in [5, 5.41) is 0.785. The number of anilines is 1. The molecular weight excluding hydrogens is 241 g/mol. The molecule has 0 saturated carbocycles. The zero-order valence-electron chi connectivity index (χ0n) is 9.55. The summed E-state index contributed by atoms with van der Waals surface area (Å²) in [5.74, 6) is 1.31. The molecule has 0 bridgehead atoms. The Labute approximate surface area is 107 Å². The van der Waals surface area contributed by atoms with Gasteiger partial charge in [-0.2, -0.15) is 0 Å². The van der Waals surface area contributed by atoms with Crippen molar-refractivity contribution in [2.75, 3.05) is 18.0 Å². The highest BCUT2D eigenvalue weighted by atomic mass is 35.5. The van der Waals surface area contributed by atoms with Crippen molar-refractivity contribution in [2.45, 2.75) is 25.6 Å². The van der Waals surface area contributed by atoms with Crippen molar-refractivity contribution in [1.29, 1.82) is 0 Å². The molecule has 1 unspecified atom stereocenters. The summed E-state index contributed by atoms with van der Waals surface area (Å²) in [5.41, 5.74) is 2.29. The van der Waals surface area contributed by atoms with E-state index in [1.165, 1.54) is 18.5 Å². The van der Waals surface area contributed by atoms with Crippen LogP contribution in [0, 0.1) is 5.92 Å². The van der Waals surface area contributed by atoms with Gasteiger partial charge in [0, 0.05) is 29.4 Å². The lowest BCUT2D eigenvalue weighted by molar-refractivity contribution is 0.569. The van der Waals surface area contributed by atoms with Gasteiger partial charge >= 0.3 is 0 Å². The van der Waals surface area contributed by atoms with Crippen molar-refractivity contribution in [3.8, 4) is 0 Å². The number of hydrogen-bond acceptors (Lipinski definition) is 1. The first-order chi connectivity index (χ1) is 7.76. The molecule has 1 saturated heterocycles. The molecule has 0 N–H and O–H groups in total. The van der Waals surface area contributed by atoms with Gasteiger partial charge in [-0.05, 0) is 24.5 Å². The molecule has 1 fully saturated rings. The van der Waals surface area contributed by atoms with Crippen LogP contribution in [0.15, 0.2) is 18.2 Å². The molecule has 0 radical (unpaired) electrons. The summed E-state index contributed by atoms with van der Waals surface area (Å²) >= 11 is 12.1. The number of nitrogens with zero attached hydrogens (tertiary/aromatic N) is 1. The second-order valence-corrected chi connectivity index (χ2v) is 5.05. The van der Waals surface area contributed by atoms with Crippen molar-refractivity contribution >= 4 is 28.9 Å². The van der Waals surface area contributed by atoms with E-state index >= 15 is 0 Å². The molecule has 2 rings (SSSR count). The molecule has 0 aliphatic carbocycles. The van der Waals surface area contributed by atoms with Gasteiger partial charge in [0.05, 0.1) is 5.88 Å². The second-order valence-electron chi connectivity index (χ2n) is 4.38. The normalized spacial score (nSPS) is 20.4. The molecule has 0 amide bonds. The second kappa shape index (κ2) is 5.29. The van der Waals surface area contributed by atoms with Gasteiger partial charge in [0.25, 0.3) is 0 Å². The van der Waals surface area contributed by atoms with Gasteiger partial charge < -0.3 is 4.90 Å². The van der Waals surface area contributed by atoms with E-state index in [0.717, 1.165) is 29.6 Å². The molecule has 1 atom stereocenters. The number of benzene rings is 1. The average molecular weight is 258 g/mol. The van der Waals surface area contributed by atoms with Gasteiger partial charge in [-0.3, -0.25) is 0 Å². The van der Waals surface area contributed by atoms with Crippen LogP contribution in [0.4, 0.5) is 5.69 Å². The van der Waals surface area contributed by atoms with Crippen LogP contribution in [0.2, 0.25) is 5.02 Å². The van der Waals surface area contributed by atoms with E-state index in [0.29, 0.717) is 5.88 Å².